The molecule has 0 radical (unpaired) electrons. The fraction of sp³-hybridized carbons (Fsp3) is 0.364. The van der Waals surface area contributed by atoms with E-state index in [9.17, 15) is 31.1 Å². The molecular formula is C22H16Cl2F6N2O2S. The molecule has 1 atom stereocenters. The van der Waals surface area contributed by atoms with Gasteiger partial charge >= 0.3 is 12.4 Å². The van der Waals surface area contributed by atoms with Crippen molar-refractivity contribution in [3.05, 3.63) is 68.7 Å². The van der Waals surface area contributed by atoms with E-state index in [4.69, 9.17) is 28.0 Å². The minimum Gasteiger partial charge on any atom is -0.374 e. The van der Waals surface area contributed by atoms with Crippen LogP contribution < -0.4 is 5.32 Å². The number of thioether (sulfide) groups is 1. The van der Waals surface area contributed by atoms with Crippen molar-refractivity contribution in [2.45, 2.75) is 36.8 Å². The van der Waals surface area contributed by atoms with E-state index in [0.29, 0.717) is 0 Å². The summed E-state index contributed by atoms with van der Waals surface area (Å²) in [7, 11) is 0. The van der Waals surface area contributed by atoms with E-state index in [2.05, 4.69) is 10.5 Å². The van der Waals surface area contributed by atoms with Crippen molar-refractivity contribution in [3.63, 3.8) is 0 Å². The summed E-state index contributed by atoms with van der Waals surface area (Å²) in [4.78, 5) is 17.5. The van der Waals surface area contributed by atoms with Crippen LogP contribution in [0, 0.1) is 6.92 Å². The SMILES string of the molecule is Cc1cc(C2=NOC(c3cc(Cl)cc(Cl)c3)(C(F)(F)F)C2)ccc1C(=O)NC1(C(F)(F)F)CSC1. The Morgan fingerprint density at radius 2 is 1.66 bits per heavy atom. The molecule has 4 nitrogen and oxygen atoms in total. The summed E-state index contributed by atoms with van der Waals surface area (Å²) in [6, 6.07) is 7.41. The van der Waals surface area contributed by atoms with Gasteiger partial charge in [0.15, 0.2) is 5.54 Å². The smallest absolute Gasteiger partial charge is 0.374 e. The lowest BCUT2D eigenvalue weighted by atomic mass is 9.86. The summed E-state index contributed by atoms with van der Waals surface area (Å²) in [6.45, 7) is 1.47. The molecule has 4 rings (SSSR count). The van der Waals surface area contributed by atoms with Crippen molar-refractivity contribution < 1.29 is 36.0 Å². The lowest BCUT2D eigenvalue weighted by Crippen LogP contribution is -2.67. The number of aryl methyl sites for hydroxylation is 1. The van der Waals surface area contributed by atoms with Gasteiger partial charge in [0.2, 0.25) is 0 Å². The molecule has 1 N–H and O–H groups in total. The molecule has 13 heteroatoms. The second-order valence-corrected chi connectivity index (χ2v) is 10.2. The van der Waals surface area contributed by atoms with Gasteiger partial charge in [0.1, 0.15) is 0 Å². The van der Waals surface area contributed by atoms with Crippen molar-refractivity contribution >= 4 is 46.6 Å². The summed E-state index contributed by atoms with van der Waals surface area (Å²) < 4.78 is 82.7. The van der Waals surface area contributed by atoms with E-state index >= 15 is 0 Å². The van der Waals surface area contributed by atoms with Crippen LogP contribution in [0.3, 0.4) is 0 Å². The van der Waals surface area contributed by atoms with Gasteiger partial charge in [0.05, 0.1) is 5.71 Å². The van der Waals surface area contributed by atoms with Gasteiger partial charge in [-0.2, -0.15) is 38.1 Å². The fourth-order valence-electron chi connectivity index (χ4n) is 3.84. The number of nitrogens with one attached hydrogen (secondary N) is 1. The molecular weight excluding hydrogens is 541 g/mol. The maximum atomic E-state index is 14.2. The molecule has 2 aliphatic heterocycles. The van der Waals surface area contributed by atoms with Gasteiger partial charge in [0.25, 0.3) is 11.5 Å². The number of amides is 1. The standard InChI is InChI=1S/C22H16Cl2F6N2O2S/c1-11-4-12(2-3-16(11)18(33)31-19(9-35-10-19)21(25,26)27)17-8-20(34-32-17,22(28,29)30)13-5-14(23)7-15(24)6-13/h2-7H,8-10H2,1H3,(H,31,33). The first kappa shape index (κ1) is 26.0. The van der Waals surface area contributed by atoms with E-state index in [1.165, 1.54) is 31.2 Å². The highest BCUT2D eigenvalue weighted by Crippen LogP contribution is 2.50. The Hall–Kier alpha value is -2.11. The molecule has 1 fully saturated rings. The van der Waals surface area contributed by atoms with Crippen LogP contribution in [0.4, 0.5) is 26.3 Å². The monoisotopic (exact) mass is 556 g/mol. The molecule has 2 heterocycles. The van der Waals surface area contributed by atoms with Crippen LogP contribution >= 0.6 is 35.0 Å². The van der Waals surface area contributed by atoms with Gasteiger partial charge in [-0.15, -0.1) is 0 Å². The highest BCUT2D eigenvalue weighted by molar-refractivity contribution is 8.00. The lowest BCUT2D eigenvalue weighted by Gasteiger charge is -2.42. The number of hydrogen-bond donors (Lipinski definition) is 1. The van der Waals surface area contributed by atoms with E-state index in [-0.39, 0.29) is 49.5 Å². The van der Waals surface area contributed by atoms with E-state index in [1.807, 2.05) is 0 Å². The Bertz CT molecular complexity index is 1190. The number of carbonyl (C=O) groups excluding carboxylic acids is 1. The molecule has 2 aromatic rings. The molecule has 0 bridgehead atoms. The number of rotatable bonds is 4. The summed E-state index contributed by atoms with van der Waals surface area (Å²) in [5, 5.41) is 5.69. The van der Waals surface area contributed by atoms with Crippen LogP contribution in [0.15, 0.2) is 41.6 Å². The van der Waals surface area contributed by atoms with Crippen LogP contribution in [-0.4, -0.2) is 41.0 Å². The average molecular weight is 557 g/mol. The molecule has 1 unspecified atom stereocenters. The number of nitrogens with zero attached hydrogens (tertiary/aromatic N) is 1. The Balaban J connectivity index is 1.60. The van der Waals surface area contributed by atoms with Crippen LogP contribution in [-0.2, 0) is 10.4 Å². The van der Waals surface area contributed by atoms with Crippen molar-refractivity contribution in [1.29, 1.82) is 0 Å². The van der Waals surface area contributed by atoms with Gasteiger partial charge in [-0.05, 0) is 48.4 Å². The Morgan fingerprint density at radius 1 is 1.03 bits per heavy atom. The van der Waals surface area contributed by atoms with Gasteiger partial charge in [-0.3, -0.25) is 4.79 Å². The molecule has 188 valence electrons. The molecule has 0 saturated carbocycles. The Morgan fingerprint density at radius 3 is 2.14 bits per heavy atom. The third-order valence-corrected chi connectivity index (χ3v) is 7.74. The molecule has 35 heavy (non-hydrogen) atoms. The predicted octanol–water partition coefficient (Wildman–Crippen LogP) is 6.66. The number of halogens is 8. The number of carbonyl (C=O) groups is 1. The molecule has 0 aromatic heterocycles. The minimum absolute atomic E-state index is 0.0131. The summed E-state index contributed by atoms with van der Waals surface area (Å²) >= 11 is 12.9. The molecule has 0 spiro atoms. The van der Waals surface area contributed by atoms with Crippen LogP contribution in [0.1, 0.15) is 33.5 Å². The first-order chi connectivity index (χ1) is 16.2. The lowest BCUT2D eigenvalue weighted by molar-refractivity contribution is -0.275. The van der Waals surface area contributed by atoms with Crippen molar-refractivity contribution in [1.82, 2.24) is 5.32 Å². The Labute approximate surface area is 210 Å². The quantitative estimate of drug-likeness (QED) is 0.428. The maximum Gasteiger partial charge on any atom is 0.435 e. The fourth-order valence-corrected chi connectivity index (χ4v) is 5.45. The van der Waals surface area contributed by atoms with Crippen LogP contribution in [0.25, 0.3) is 0 Å². The van der Waals surface area contributed by atoms with Gasteiger partial charge in [-0.1, -0.05) is 34.4 Å². The number of benzene rings is 2. The molecule has 1 amide bonds. The second-order valence-electron chi connectivity index (χ2n) is 8.35. The van der Waals surface area contributed by atoms with Crippen molar-refractivity contribution in [2.24, 2.45) is 5.16 Å². The zero-order valence-electron chi connectivity index (χ0n) is 17.8. The number of oxime groups is 1. The Kier molecular flexibility index (Phi) is 6.51. The molecule has 2 aromatic carbocycles. The topological polar surface area (TPSA) is 50.7 Å². The van der Waals surface area contributed by atoms with E-state index < -0.39 is 35.8 Å². The van der Waals surface area contributed by atoms with Crippen LogP contribution in [0.5, 0.6) is 0 Å². The van der Waals surface area contributed by atoms with Gasteiger partial charge < -0.3 is 10.2 Å². The van der Waals surface area contributed by atoms with E-state index in [0.717, 1.165) is 23.9 Å². The highest BCUT2D eigenvalue weighted by atomic mass is 35.5. The van der Waals surface area contributed by atoms with Crippen LogP contribution in [0.2, 0.25) is 10.0 Å². The van der Waals surface area contributed by atoms with Gasteiger partial charge in [-0.25, -0.2) is 0 Å². The largest absolute Gasteiger partial charge is 0.435 e. The number of alkyl halides is 6. The zero-order valence-corrected chi connectivity index (χ0v) is 20.1. The molecule has 1 saturated heterocycles. The summed E-state index contributed by atoms with van der Waals surface area (Å²) in [5.41, 5.74) is -5.06. The zero-order chi connectivity index (χ0) is 25.8. The highest BCUT2D eigenvalue weighted by Gasteiger charge is 2.63. The second kappa shape index (κ2) is 8.77. The first-order valence-corrected chi connectivity index (χ1v) is 11.9. The van der Waals surface area contributed by atoms with Crippen molar-refractivity contribution in [2.75, 3.05) is 11.5 Å². The third-order valence-electron chi connectivity index (χ3n) is 5.91. The predicted molar refractivity (Wildman–Crippen MR) is 121 cm³/mol. The molecule has 2 aliphatic rings. The minimum atomic E-state index is -4.88. The van der Waals surface area contributed by atoms with Gasteiger partial charge in [0, 0.05) is 39.1 Å². The molecule has 0 aliphatic carbocycles. The van der Waals surface area contributed by atoms with E-state index in [1.54, 1.807) is 0 Å². The normalized spacial score (nSPS) is 21.7. The summed E-state index contributed by atoms with van der Waals surface area (Å²) in [5.74, 6) is -1.50. The first-order valence-electron chi connectivity index (χ1n) is 10.0. The third kappa shape index (κ3) is 4.58. The average Bonchev–Trinajstić information content (AvgIpc) is 3.15. The summed E-state index contributed by atoms with van der Waals surface area (Å²) in [6.07, 6.45) is -10.2. The number of hydrogen-bond acceptors (Lipinski definition) is 4. The van der Waals surface area contributed by atoms with Crippen molar-refractivity contribution in [3.8, 4) is 0 Å². The maximum absolute atomic E-state index is 14.2.